The molecule has 20 heavy (non-hydrogen) atoms. The Morgan fingerprint density at radius 2 is 2.10 bits per heavy atom. The fourth-order valence-corrected chi connectivity index (χ4v) is 1.47. The lowest BCUT2D eigenvalue weighted by atomic mass is 10.1. The second-order valence-electron chi connectivity index (χ2n) is 4.01. The van der Waals surface area contributed by atoms with Crippen LogP contribution in [0.4, 0.5) is 10.1 Å². The molecule has 0 aliphatic carbocycles. The van der Waals surface area contributed by atoms with Gasteiger partial charge in [-0.1, -0.05) is 0 Å². The molecule has 1 aromatic rings. The lowest BCUT2D eigenvalue weighted by Gasteiger charge is -2.13. The van der Waals surface area contributed by atoms with Crippen molar-refractivity contribution in [3.63, 3.8) is 0 Å². The van der Waals surface area contributed by atoms with Gasteiger partial charge in [-0.05, 0) is 26.0 Å². The van der Waals surface area contributed by atoms with Gasteiger partial charge >= 0.3 is 5.69 Å². The zero-order chi connectivity index (χ0) is 15.3. The van der Waals surface area contributed by atoms with Gasteiger partial charge in [0.05, 0.1) is 4.92 Å². The van der Waals surface area contributed by atoms with Gasteiger partial charge in [0, 0.05) is 18.2 Å². The summed E-state index contributed by atoms with van der Waals surface area (Å²) in [5, 5.41) is 15.5. The van der Waals surface area contributed by atoms with Crippen LogP contribution in [0.1, 0.15) is 24.2 Å². The highest BCUT2D eigenvalue weighted by Gasteiger charge is 2.20. The molecule has 0 aromatic heterocycles. The first-order chi connectivity index (χ1) is 9.36. The predicted molar refractivity (Wildman–Crippen MR) is 68.7 cm³/mol. The van der Waals surface area contributed by atoms with Gasteiger partial charge in [-0.2, -0.15) is 4.39 Å². The van der Waals surface area contributed by atoms with Crippen molar-refractivity contribution in [2.24, 2.45) is 0 Å². The molecule has 1 rings (SSSR count). The van der Waals surface area contributed by atoms with Crippen LogP contribution in [0.2, 0.25) is 0 Å². The molecule has 108 valence electrons. The molecule has 8 heteroatoms. The van der Waals surface area contributed by atoms with Gasteiger partial charge in [0.2, 0.25) is 11.7 Å². The minimum Gasteiger partial charge on any atom is -0.355 e. The van der Waals surface area contributed by atoms with Crippen LogP contribution in [0.3, 0.4) is 0 Å². The number of halogens is 1. The third kappa shape index (κ3) is 3.74. The van der Waals surface area contributed by atoms with E-state index in [1.807, 2.05) is 0 Å². The standard InChI is InChI=1S/C12H14FN3O4/c1-3-14-11(17)7(2)15-12(18)8-4-5-9(13)10(6-8)16(19)20/h4-7H,3H2,1-2H3,(H,14,17)(H,15,18)/t7-/m0/s1. The van der Waals surface area contributed by atoms with Crippen LogP contribution in [-0.4, -0.2) is 29.3 Å². The van der Waals surface area contributed by atoms with Gasteiger partial charge in [-0.15, -0.1) is 0 Å². The SMILES string of the molecule is CCNC(=O)[C@H](C)NC(=O)c1ccc(F)c([N+](=O)[O-])c1. The van der Waals surface area contributed by atoms with Crippen LogP contribution in [0.25, 0.3) is 0 Å². The maximum Gasteiger partial charge on any atom is 0.305 e. The van der Waals surface area contributed by atoms with Crippen LogP contribution >= 0.6 is 0 Å². The normalized spacial score (nSPS) is 11.6. The zero-order valence-corrected chi connectivity index (χ0v) is 11.0. The molecule has 0 saturated heterocycles. The zero-order valence-electron chi connectivity index (χ0n) is 11.0. The second kappa shape index (κ2) is 6.60. The molecule has 1 atom stereocenters. The molecule has 0 spiro atoms. The van der Waals surface area contributed by atoms with E-state index < -0.39 is 28.4 Å². The summed E-state index contributed by atoms with van der Waals surface area (Å²) in [5.74, 6) is -2.09. The molecule has 1 aromatic carbocycles. The van der Waals surface area contributed by atoms with Crippen molar-refractivity contribution in [1.82, 2.24) is 10.6 Å². The van der Waals surface area contributed by atoms with Gasteiger partial charge in [-0.25, -0.2) is 0 Å². The van der Waals surface area contributed by atoms with Gasteiger partial charge in [0.15, 0.2) is 0 Å². The van der Waals surface area contributed by atoms with Crippen molar-refractivity contribution in [2.45, 2.75) is 19.9 Å². The fourth-order valence-electron chi connectivity index (χ4n) is 1.47. The Bertz CT molecular complexity index is 548. The number of nitro groups is 1. The van der Waals surface area contributed by atoms with E-state index >= 15 is 0 Å². The Hall–Kier alpha value is -2.51. The highest BCUT2D eigenvalue weighted by molar-refractivity contribution is 5.97. The maximum absolute atomic E-state index is 13.1. The van der Waals surface area contributed by atoms with Gasteiger partial charge in [0.25, 0.3) is 5.91 Å². The van der Waals surface area contributed by atoms with Crippen LogP contribution in [0.5, 0.6) is 0 Å². The topological polar surface area (TPSA) is 101 Å². The lowest BCUT2D eigenvalue weighted by molar-refractivity contribution is -0.387. The van der Waals surface area contributed by atoms with Crippen LogP contribution < -0.4 is 10.6 Å². The third-order valence-corrected chi connectivity index (χ3v) is 2.50. The summed E-state index contributed by atoms with van der Waals surface area (Å²) in [4.78, 5) is 32.9. The molecule has 0 unspecified atom stereocenters. The molecule has 0 heterocycles. The first-order valence-electron chi connectivity index (χ1n) is 5.89. The fraction of sp³-hybridized carbons (Fsp3) is 0.333. The molecular weight excluding hydrogens is 269 g/mol. The Morgan fingerprint density at radius 3 is 2.65 bits per heavy atom. The minimum absolute atomic E-state index is 0.0887. The highest BCUT2D eigenvalue weighted by Crippen LogP contribution is 2.18. The number of hydrogen-bond donors (Lipinski definition) is 2. The number of hydrogen-bond acceptors (Lipinski definition) is 4. The second-order valence-corrected chi connectivity index (χ2v) is 4.01. The average Bonchev–Trinajstić information content (AvgIpc) is 2.38. The largest absolute Gasteiger partial charge is 0.355 e. The van der Waals surface area contributed by atoms with Crippen molar-refractivity contribution < 1.29 is 18.9 Å². The van der Waals surface area contributed by atoms with Gasteiger partial charge in [-0.3, -0.25) is 19.7 Å². The molecule has 2 N–H and O–H groups in total. The van der Waals surface area contributed by atoms with E-state index in [1.54, 1.807) is 6.92 Å². The van der Waals surface area contributed by atoms with Gasteiger partial charge < -0.3 is 10.6 Å². The number of amides is 2. The van der Waals surface area contributed by atoms with E-state index in [0.717, 1.165) is 18.2 Å². The molecule has 0 aliphatic rings. The molecule has 0 aliphatic heterocycles. The van der Waals surface area contributed by atoms with E-state index in [-0.39, 0.29) is 11.5 Å². The Morgan fingerprint density at radius 1 is 1.45 bits per heavy atom. The van der Waals surface area contributed by atoms with Crippen molar-refractivity contribution in [3.05, 3.63) is 39.7 Å². The summed E-state index contributed by atoms with van der Waals surface area (Å²) in [5.41, 5.74) is -0.877. The molecule has 2 amide bonds. The summed E-state index contributed by atoms with van der Waals surface area (Å²) in [7, 11) is 0. The average molecular weight is 283 g/mol. The van der Waals surface area contributed by atoms with E-state index in [1.165, 1.54) is 6.92 Å². The Balaban J connectivity index is 2.85. The Labute approximate surface area is 114 Å². The summed E-state index contributed by atoms with van der Waals surface area (Å²) in [6, 6.07) is 1.98. The van der Waals surface area contributed by atoms with E-state index in [2.05, 4.69) is 10.6 Å². The third-order valence-electron chi connectivity index (χ3n) is 2.50. The minimum atomic E-state index is -1.02. The molecular formula is C12H14FN3O4. The molecule has 7 nitrogen and oxygen atoms in total. The maximum atomic E-state index is 13.1. The summed E-state index contributed by atoms with van der Waals surface area (Å²) in [6.07, 6.45) is 0. The van der Waals surface area contributed by atoms with E-state index in [9.17, 15) is 24.1 Å². The number of nitro benzene ring substituents is 1. The number of nitrogens with zero attached hydrogens (tertiary/aromatic N) is 1. The predicted octanol–water partition coefficient (Wildman–Crippen LogP) is 0.988. The van der Waals surface area contributed by atoms with Gasteiger partial charge in [0.1, 0.15) is 6.04 Å². The number of rotatable bonds is 5. The summed E-state index contributed by atoms with van der Waals surface area (Å²) >= 11 is 0. The molecule has 0 bridgehead atoms. The number of likely N-dealkylation sites (N-methyl/N-ethyl adjacent to an activating group) is 1. The number of carbonyl (C=O) groups is 2. The molecule has 0 fully saturated rings. The summed E-state index contributed by atoms with van der Waals surface area (Å²) in [6.45, 7) is 3.62. The first-order valence-corrected chi connectivity index (χ1v) is 5.89. The lowest BCUT2D eigenvalue weighted by Crippen LogP contribution is -2.44. The number of nitrogens with one attached hydrogen (secondary N) is 2. The van der Waals surface area contributed by atoms with Crippen LogP contribution in [0, 0.1) is 15.9 Å². The van der Waals surface area contributed by atoms with Crippen molar-refractivity contribution in [2.75, 3.05) is 6.54 Å². The smallest absolute Gasteiger partial charge is 0.305 e. The van der Waals surface area contributed by atoms with Crippen molar-refractivity contribution >= 4 is 17.5 Å². The molecule has 0 saturated carbocycles. The molecule has 0 radical (unpaired) electrons. The van der Waals surface area contributed by atoms with Crippen molar-refractivity contribution in [1.29, 1.82) is 0 Å². The summed E-state index contributed by atoms with van der Waals surface area (Å²) < 4.78 is 13.1. The van der Waals surface area contributed by atoms with Crippen molar-refractivity contribution in [3.8, 4) is 0 Å². The quantitative estimate of drug-likeness (QED) is 0.621. The van der Waals surface area contributed by atoms with E-state index in [4.69, 9.17) is 0 Å². The monoisotopic (exact) mass is 283 g/mol. The number of benzene rings is 1. The van der Waals surface area contributed by atoms with E-state index in [0.29, 0.717) is 6.54 Å². The van der Waals surface area contributed by atoms with Crippen LogP contribution in [-0.2, 0) is 4.79 Å². The van der Waals surface area contributed by atoms with Crippen LogP contribution in [0.15, 0.2) is 18.2 Å². The first kappa shape index (κ1) is 15.5. The Kier molecular flexibility index (Phi) is 5.13. The highest BCUT2D eigenvalue weighted by atomic mass is 19.1. The number of carbonyl (C=O) groups excluding carboxylic acids is 2.